The highest BCUT2D eigenvalue weighted by molar-refractivity contribution is 7.71. The fraction of sp³-hybridized carbons (Fsp3) is 1.00. The van der Waals surface area contributed by atoms with E-state index >= 15 is 0 Å². The highest BCUT2D eigenvalue weighted by Crippen LogP contribution is 2.62. The number of hydrogen-bond acceptors (Lipinski definition) is 3. The molecule has 0 aliphatic heterocycles. The molecule has 0 rings (SSSR count). The first-order chi connectivity index (χ1) is 15.1. The van der Waals surface area contributed by atoms with Gasteiger partial charge < -0.3 is 10.2 Å². The number of rotatable bonds is 25. The van der Waals surface area contributed by atoms with Crippen molar-refractivity contribution in [2.75, 3.05) is 31.7 Å². The first-order valence-corrected chi connectivity index (χ1v) is 16.2. The van der Waals surface area contributed by atoms with Crippen molar-refractivity contribution in [2.45, 2.75) is 142 Å². The predicted octanol–water partition coefficient (Wildman–Crippen LogP) is 8.37. The summed E-state index contributed by atoms with van der Waals surface area (Å²) in [5.41, 5.74) is 0. The molecule has 0 aromatic carbocycles. The van der Waals surface area contributed by atoms with Crippen LogP contribution in [-0.4, -0.2) is 48.0 Å². The van der Waals surface area contributed by atoms with Crippen molar-refractivity contribution < 1.29 is 14.7 Å². The molecule has 0 saturated carbocycles. The van der Waals surface area contributed by atoms with Crippen molar-refractivity contribution >= 4 is 7.49 Å². The molecule has 0 aliphatic rings. The number of unbranched alkanes of at least 4 members (excludes halogenated alkanes) is 15. The summed E-state index contributed by atoms with van der Waals surface area (Å²) in [7, 11) is -1.50. The van der Waals surface area contributed by atoms with Gasteiger partial charge in [-0.25, -0.2) is 4.52 Å². The van der Waals surface area contributed by atoms with Gasteiger partial charge in [-0.05, 0) is 38.5 Å². The molecule has 0 radical (unpaired) electrons. The first-order valence-electron chi connectivity index (χ1n) is 13.9. The van der Waals surface area contributed by atoms with Gasteiger partial charge in [0.1, 0.15) is 20.2 Å². The third kappa shape index (κ3) is 19.5. The average Bonchev–Trinajstić information content (AvgIpc) is 2.79. The zero-order valence-electron chi connectivity index (χ0n) is 21.6. The van der Waals surface area contributed by atoms with Crippen LogP contribution in [-0.2, 0) is 4.52 Å². The zero-order valence-corrected chi connectivity index (χ0v) is 22.5. The van der Waals surface area contributed by atoms with E-state index in [0.29, 0.717) is 6.61 Å². The van der Waals surface area contributed by atoms with Gasteiger partial charge in [-0.2, -0.15) is 0 Å². The summed E-state index contributed by atoms with van der Waals surface area (Å²) < 4.78 is 6.57. The maximum absolute atomic E-state index is 9.97. The summed E-state index contributed by atoms with van der Waals surface area (Å²) in [4.78, 5) is 0. The summed E-state index contributed by atoms with van der Waals surface area (Å²) in [6.45, 7) is 6.96. The molecule has 0 aromatic rings. The van der Waals surface area contributed by atoms with Gasteiger partial charge in [0.25, 0.3) is 0 Å². The van der Waals surface area contributed by atoms with Crippen molar-refractivity contribution in [3.8, 4) is 0 Å². The van der Waals surface area contributed by atoms with Crippen LogP contribution in [0.1, 0.15) is 136 Å². The smallest absolute Gasteiger partial charge is 0.145 e. The predicted molar refractivity (Wildman–Crippen MR) is 141 cm³/mol. The Kier molecular flexibility index (Phi) is 23.7. The Bertz CT molecular complexity index is 311. The van der Waals surface area contributed by atoms with Crippen LogP contribution in [0.4, 0.5) is 0 Å². The molecule has 0 spiro atoms. The summed E-state index contributed by atoms with van der Waals surface area (Å²) in [6.07, 6.45) is 26.8. The topological polar surface area (TPSA) is 49.7 Å². The zero-order chi connectivity index (χ0) is 23.0. The van der Waals surface area contributed by atoms with Crippen LogP contribution in [0.25, 0.3) is 0 Å². The molecule has 0 saturated heterocycles. The molecule has 0 aromatic heterocycles. The van der Waals surface area contributed by atoms with E-state index in [4.69, 9.17) is 4.52 Å². The second-order valence-corrected chi connectivity index (χ2v) is 13.4. The Morgan fingerprint density at radius 2 is 0.871 bits per heavy atom. The number of aliphatic hydroxyl groups excluding tert-OH is 2. The Balaban J connectivity index is 4.76. The van der Waals surface area contributed by atoms with E-state index in [-0.39, 0.29) is 6.61 Å². The molecule has 1 unspecified atom stereocenters. The number of aliphatic hydroxyl groups is 2. The summed E-state index contributed by atoms with van der Waals surface area (Å²) in [6, 6.07) is 0. The lowest BCUT2D eigenvalue weighted by molar-refractivity contribution is 0.0558. The monoisotopic (exact) mass is 461 g/mol. The molecule has 0 bridgehead atoms. The van der Waals surface area contributed by atoms with E-state index in [0.717, 1.165) is 0 Å². The Morgan fingerprint density at radius 1 is 0.548 bits per heavy atom. The van der Waals surface area contributed by atoms with Crippen molar-refractivity contribution in [1.29, 1.82) is 0 Å². The van der Waals surface area contributed by atoms with E-state index in [9.17, 15) is 10.2 Å². The maximum atomic E-state index is 9.97. The van der Waals surface area contributed by atoms with E-state index in [2.05, 4.69) is 20.8 Å². The summed E-state index contributed by atoms with van der Waals surface area (Å²) in [5.74, 6) is 0. The molecule has 3 nitrogen and oxygen atoms in total. The first kappa shape index (κ1) is 31.3. The average molecular weight is 462 g/mol. The minimum Gasteiger partial charge on any atom is -0.394 e. The summed E-state index contributed by atoms with van der Waals surface area (Å²) >= 11 is 0. The van der Waals surface area contributed by atoms with Gasteiger partial charge in [0, 0.05) is 0 Å². The minimum absolute atomic E-state index is 0.189. The largest absolute Gasteiger partial charge is 0.394 e. The molecule has 2 N–H and O–H groups in total. The Hall–Kier alpha value is 0.310. The Morgan fingerprint density at radius 3 is 1.19 bits per heavy atom. The van der Waals surface area contributed by atoms with Gasteiger partial charge in [0.05, 0.1) is 25.1 Å². The van der Waals surface area contributed by atoms with Crippen LogP contribution in [0.2, 0.25) is 0 Å². The fourth-order valence-corrected chi connectivity index (χ4v) is 8.31. The molecule has 0 aliphatic carbocycles. The van der Waals surface area contributed by atoms with Crippen LogP contribution in [0.3, 0.4) is 0 Å². The van der Waals surface area contributed by atoms with E-state index < -0.39 is 13.6 Å². The SMILES string of the molecule is CCCCCCCC[P+](CCCCCCCC)(CCCCCCCC)OCC(O)CO. The lowest BCUT2D eigenvalue weighted by Crippen LogP contribution is -2.22. The van der Waals surface area contributed by atoms with Crippen LogP contribution in [0, 0.1) is 0 Å². The van der Waals surface area contributed by atoms with Gasteiger partial charge in [-0.1, -0.05) is 97.8 Å². The second kappa shape index (κ2) is 23.5. The molecule has 4 heteroatoms. The Labute approximate surface area is 196 Å². The van der Waals surface area contributed by atoms with Crippen molar-refractivity contribution in [3.05, 3.63) is 0 Å². The molecule has 0 heterocycles. The lowest BCUT2D eigenvalue weighted by Gasteiger charge is -2.27. The van der Waals surface area contributed by atoms with Gasteiger partial charge >= 0.3 is 0 Å². The third-order valence-corrected chi connectivity index (χ3v) is 10.6. The molecular formula is C27H58O3P+. The van der Waals surface area contributed by atoms with Crippen LogP contribution >= 0.6 is 7.49 Å². The number of hydrogen-bond donors (Lipinski definition) is 2. The van der Waals surface area contributed by atoms with Gasteiger partial charge in [-0.3, -0.25) is 0 Å². The molecule has 31 heavy (non-hydrogen) atoms. The molecule has 0 fully saturated rings. The highest BCUT2D eigenvalue weighted by atomic mass is 31.2. The standard InChI is InChI=1S/C27H58O3P/c1-4-7-10-13-16-19-22-31(30-26-27(29)25-28,23-20-17-14-11-8-5-2)24-21-18-15-12-9-6-3/h27-29H,4-26H2,1-3H3/q+1. The van der Waals surface area contributed by atoms with Crippen LogP contribution in [0.15, 0.2) is 0 Å². The van der Waals surface area contributed by atoms with Gasteiger partial charge in [0.2, 0.25) is 0 Å². The van der Waals surface area contributed by atoms with E-state index in [1.807, 2.05) is 0 Å². The van der Waals surface area contributed by atoms with Gasteiger partial charge in [-0.15, -0.1) is 0 Å². The van der Waals surface area contributed by atoms with E-state index in [1.165, 1.54) is 134 Å². The van der Waals surface area contributed by atoms with Crippen molar-refractivity contribution in [1.82, 2.24) is 0 Å². The normalized spacial score (nSPS) is 13.1. The highest BCUT2D eigenvalue weighted by Gasteiger charge is 2.38. The van der Waals surface area contributed by atoms with Crippen LogP contribution in [0.5, 0.6) is 0 Å². The van der Waals surface area contributed by atoms with Crippen LogP contribution < -0.4 is 0 Å². The summed E-state index contributed by atoms with van der Waals surface area (Å²) in [5, 5.41) is 19.3. The van der Waals surface area contributed by atoms with Gasteiger partial charge in [0.15, 0.2) is 0 Å². The van der Waals surface area contributed by atoms with E-state index in [1.54, 1.807) is 0 Å². The van der Waals surface area contributed by atoms with Crippen molar-refractivity contribution in [3.63, 3.8) is 0 Å². The molecule has 1 atom stereocenters. The maximum Gasteiger partial charge on any atom is 0.145 e. The fourth-order valence-electron chi connectivity index (χ4n) is 4.37. The minimum atomic E-state index is -1.50. The lowest BCUT2D eigenvalue weighted by atomic mass is 10.1. The molecule has 188 valence electrons. The second-order valence-electron chi connectivity index (χ2n) is 9.66. The quantitative estimate of drug-likeness (QED) is 0.106. The molecular weight excluding hydrogens is 403 g/mol. The molecule has 0 amide bonds. The van der Waals surface area contributed by atoms with Crippen molar-refractivity contribution in [2.24, 2.45) is 0 Å². The third-order valence-electron chi connectivity index (χ3n) is 6.51.